The maximum atomic E-state index is 3.35. The largest absolute Gasteiger partial charge is 0.314 e. The van der Waals surface area contributed by atoms with Crippen LogP contribution in [-0.2, 0) is 0 Å². The van der Waals surface area contributed by atoms with E-state index in [4.69, 9.17) is 0 Å². The van der Waals surface area contributed by atoms with Gasteiger partial charge in [0.1, 0.15) is 0 Å². The van der Waals surface area contributed by atoms with Crippen LogP contribution in [-0.4, -0.2) is 37.1 Å². The molecule has 4 rings (SSSR count). The second kappa shape index (κ2) is 2.20. The van der Waals surface area contributed by atoms with Crippen LogP contribution in [0.5, 0.6) is 0 Å². The van der Waals surface area contributed by atoms with E-state index < -0.39 is 0 Å². The van der Waals surface area contributed by atoms with Gasteiger partial charge in [0, 0.05) is 32.2 Å². The third-order valence-corrected chi connectivity index (χ3v) is 3.60. The molecular formula is C9H16N2. The zero-order valence-electron chi connectivity index (χ0n) is 6.92. The molecule has 4 aliphatic rings. The highest BCUT2D eigenvalue weighted by molar-refractivity contribution is 4.95. The summed E-state index contributed by atoms with van der Waals surface area (Å²) in [7, 11) is 0. The molecule has 0 radical (unpaired) electrons. The Morgan fingerprint density at radius 1 is 1.00 bits per heavy atom. The van der Waals surface area contributed by atoms with Crippen LogP contribution in [0.3, 0.4) is 0 Å². The van der Waals surface area contributed by atoms with Crippen molar-refractivity contribution in [1.82, 2.24) is 10.2 Å². The van der Waals surface area contributed by atoms with E-state index in [0.717, 1.165) is 17.9 Å². The summed E-state index contributed by atoms with van der Waals surface area (Å²) in [5, 5.41) is 3.35. The lowest BCUT2D eigenvalue weighted by Crippen LogP contribution is -2.62. The molecule has 1 aliphatic carbocycles. The van der Waals surface area contributed by atoms with Crippen molar-refractivity contribution in [2.75, 3.05) is 26.2 Å². The number of nitrogens with one attached hydrogen (secondary N) is 1. The van der Waals surface area contributed by atoms with Crippen molar-refractivity contribution in [3.8, 4) is 0 Å². The van der Waals surface area contributed by atoms with Crippen LogP contribution < -0.4 is 5.32 Å². The molecule has 0 amide bonds. The molecule has 0 atom stereocenters. The van der Waals surface area contributed by atoms with Crippen molar-refractivity contribution in [2.24, 2.45) is 11.8 Å². The van der Waals surface area contributed by atoms with Gasteiger partial charge in [0.15, 0.2) is 0 Å². The summed E-state index contributed by atoms with van der Waals surface area (Å²) >= 11 is 0. The lowest BCUT2D eigenvalue weighted by molar-refractivity contribution is -0.0117. The average Bonchev–Trinajstić information content (AvgIpc) is 1.81. The highest BCUT2D eigenvalue weighted by Crippen LogP contribution is 2.40. The van der Waals surface area contributed by atoms with Gasteiger partial charge in [0.2, 0.25) is 0 Å². The lowest BCUT2D eigenvalue weighted by Gasteiger charge is -2.52. The average molecular weight is 152 g/mol. The highest BCUT2D eigenvalue weighted by atomic mass is 15.2. The smallest absolute Gasteiger partial charge is 0.0345 e. The summed E-state index contributed by atoms with van der Waals surface area (Å²) in [6.45, 7) is 5.31. The fraction of sp³-hybridized carbons (Fsp3) is 1.00. The quantitative estimate of drug-likeness (QED) is 0.581. The molecule has 2 heteroatoms. The number of rotatable bonds is 1. The molecule has 0 unspecified atom stereocenters. The van der Waals surface area contributed by atoms with E-state index in [9.17, 15) is 0 Å². The number of piperidine rings is 2. The van der Waals surface area contributed by atoms with Gasteiger partial charge in [-0.15, -0.1) is 0 Å². The van der Waals surface area contributed by atoms with Crippen molar-refractivity contribution in [2.45, 2.75) is 18.9 Å². The highest BCUT2D eigenvalue weighted by Gasteiger charge is 2.40. The first-order valence-corrected chi connectivity index (χ1v) is 4.86. The molecule has 1 saturated carbocycles. The first-order chi connectivity index (χ1) is 5.42. The van der Waals surface area contributed by atoms with E-state index in [1.165, 1.54) is 39.0 Å². The normalized spacial score (nSPS) is 44.7. The zero-order chi connectivity index (χ0) is 7.26. The Hall–Kier alpha value is -0.0800. The fourth-order valence-electron chi connectivity index (χ4n) is 2.74. The van der Waals surface area contributed by atoms with Crippen LogP contribution in [0.1, 0.15) is 12.8 Å². The standard InChI is InChI=1S/C9H16N2/c1-7-2-8(1)6-11(5-7)9-3-10-4-9/h7-10H,1-6H2. The Bertz CT molecular complexity index is 149. The molecule has 1 N–H and O–H groups in total. The Morgan fingerprint density at radius 3 is 2.09 bits per heavy atom. The van der Waals surface area contributed by atoms with Gasteiger partial charge in [0.25, 0.3) is 0 Å². The Morgan fingerprint density at radius 2 is 1.64 bits per heavy atom. The maximum absolute atomic E-state index is 3.35. The van der Waals surface area contributed by atoms with Crippen molar-refractivity contribution >= 4 is 0 Å². The van der Waals surface area contributed by atoms with Gasteiger partial charge in [0.05, 0.1) is 0 Å². The van der Waals surface area contributed by atoms with E-state index in [1.54, 1.807) is 0 Å². The Balaban J connectivity index is 1.62. The Labute approximate surface area is 68.0 Å². The van der Waals surface area contributed by atoms with Crippen molar-refractivity contribution in [3.63, 3.8) is 0 Å². The molecule has 0 aromatic carbocycles. The molecule has 62 valence electrons. The summed E-state index contributed by atoms with van der Waals surface area (Å²) in [5.74, 6) is 2.16. The van der Waals surface area contributed by atoms with E-state index >= 15 is 0 Å². The molecule has 11 heavy (non-hydrogen) atoms. The van der Waals surface area contributed by atoms with Crippen molar-refractivity contribution in [1.29, 1.82) is 0 Å². The van der Waals surface area contributed by atoms with Gasteiger partial charge in [-0.05, 0) is 24.7 Å². The van der Waals surface area contributed by atoms with E-state index in [1.807, 2.05) is 0 Å². The molecule has 2 bridgehead atoms. The second-order valence-electron chi connectivity index (χ2n) is 4.47. The molecule has 3 aliphatic heterocycles. The topological polar surface area (TPSA) is 15.3 Å². The van der Waals surface area contributed by atoms with E-state index in [-0.39, 0.29) is 0 Å². The number of fused-ring (bicyclic) bond motifs is 2. The molecule has 0 aromatic rings. The molecule has 3 heterocycles. The minimum absolute atomic E-state index is 0.903. The Kier molecular flexibility index (Phi) is 1.29. The van der Waals surface area contributed by atoms with Gasteiger partial charge in [-0.25, -0.2) is 0 Å². The lowest BCUT2D eigenvalue weighted by atomic mass is 9.70. The van der Waals surface area contributed by atoms with E-state index in [0.29, 0.717) is 0 Å². The van der Waals surface area contributed by atoms with Gasteiger partial charge in [-0.1, -0.05) is 0 Å². The maximum Gasteiger partial charge on any atom is 0.0345 e. The van der Waals surface area contributed by atoms with Crippen LogP contribution in [0, 0.1) is 11.8 Å². The first-order valence-electron chi connectivity index (χ1n) is 4.86. The number of hydrogen-bond acceptors (Lipinski definition) is 2. The van der Waals surface area contributed by atoms with Crippen LogP contribution >= 0.6 is 0 Å². The minimum Gasteiger partial charge on any atom is -0.314 e. The molecule has 0 aromatic heterocycles. The predicted molar refractivity (Wildman–Crippen MR) is 44.4 cm³/mol. The summed E-state index contributed by atoms with van der Waals surface area (Å²) < 4.78 is 0. The molecule has 4 fully saturated rings. The van der Waals surface area contributed by atoms with Gasteiger partial charge < -0.3 is 5.32 Å². The number of nitrogens with zero attached hydrogens (tertiary/aromatic N) is 1. The molecule has 3 saturated heterocycles. The summed E-state index contributed by atoms with van der Waals surface area (Å²) in [6, 6.07) is 0.903. The third-order valence-electron chi connectivity index (χ3n) is 3.60. The van der Waals surface area contributed by atoms with Gasteiger partial charge in [-0.3, -0.25) is 4.90 Å². The first kappa shape index (κ1) is 6.44. The van der Waals surface area contributed by atoms with E-state index in [2.05, 4.69) is 10.2 Å². The third kappa shape index (κ3) is 0.926. The molecular weight excluding hydrogens is 136 g/mol. The van der Waals surface area contributed by atoms with Crippen LogP contribution in [0.4, 0.5) is 0 Å². The van der Waals surface area contributed by atoms with Crippen LogP contribution in [0.25, 0.3) is 0 Å². The SMILES string of the molecule is C1C2CC1CN(C1CNC1)C2. The monoisotopic (exact) mass is 152 g/mol. The van der Waals surface area contributed by atoms with Crippen molar-refractivity contribution < 1.29 is 0 Å². The summed E-state index contributed by atoms with van der Waals surface area (Å²) in [5.41, 5.74) is 0. The van der Waals surface area contributed by atoms with Crippen LogP contribution in [0.15, 0.2) is 0 Å². The number of hydrogen-bond donors (Lipinski definition) is 1. The summed E-state index contributed by atoms with van der Waals surface area (Å²) in [6.07, 6.45) is 3.08. The minimum atomic E-state index is 0.903. The zero-order valence-corrected chi connectivity index (χ0v) is 6.92. The second-order valence-corrected chi connectivity index (χ2v) is 4.47. The fourth-order valence-corrected chi connectivity index (χ4v) is 2.74. The van der Waals surface area contributed by atoms with Crippen LogP contribution in [0.2, 0.25) is 0 Å². The molecule has 2 nitrogen and oxygen atoms in total. The molecule has 0 spiro atoms. The van der Waals surface area contributed by atoms with Gasteiger partial charge >= 0.3 is 0 Å². The van der Waals surface area contributed by atoms with Gasteiger partial charge in [-0.2, -0.15) is 0 Å². The predicted octanol–water partition coefficient (Wildman–Crippen LogP) is 0.300. The van der Waals surface area contributed by atoms with Crippen molar-refractivity contribution in [3.05, 3.63) is 0 Å². The summed E-state index contributed by atoms with van der Waals surface area (Å²) in [4.78, 5) is 2.71.